The van der Waals surface area contributed by atoms with Crippen LogP contribution in [0.1, 0.15) is 23.2 Å². The first-order valence-corrected chi connectivity index (χ1v) is 7.91. The molecule has 1 fully saturated rings. The van der Waals surface area contributed by atoms with E-state index in [9.17, 15) is 14.4 Å². The number of anilines is 3. The van der Waals surface area contributed by atoms with Gasteiger partial charge in [0.2, 0.25) is 5.91 Å². The van der Waals surface area contributed by atoms with Crippen molar-refractivity contribution in [3.8, 4) is 0 Å². The van der Waals surface area contributed by atoms with E-state index in [2.05, 4.69) is 10.6 Å². The predicted molar refractivity (Wildman–Crippen MR) is 95.6 cm³/mol. The van der Waals surface area contributed by atoms with Crippen LogP contribution in [0.2, 0.25) is 0 Å². The fourth-order valence-corrected chi connectivity index (χ4v) is 2.72. The molecule has 0 radical (unpaired) electrons. The van der Waals surface area contributed by atoms with Crippen molar-refractivity contribution in [3.05, 3.63) is 54.1 Å². The van der Waals surface area contributed by atoms with Crippen LogP contribution >= 0.6 is 0 Å². The molecule has 0 unspecified atom stereocenters. The summed E-state index contributed by atoms with van der Waals surface area (Å²) in [4.78, 5) is 36.7. The predicted octanol–water partition coefficient (Wildman–Crippen LogP) is 2.56. The van der Waals surface area contributed by atoms with Crippen molar-refractivity contribution in [2.45, 2.75) is 12.8 Å². The van der Waals surface area contributed by atoms with E-state index >= 15 is 0 Å². The van der Waals surface area contributed by atoms with Gasteiger partial charge in [0.05, 0.1) is 0 Å². The summed E-state index contributed by atoms with van der Waals surface area (Å²) in [5, 5.41) is 5.24. The van der Waals surface area contributed by atoms with Gasteiger partial charge in [0.15, 0.2) is 0 Å². The maximum absolute atomic E-state index is 12.3. The number of hydrogen-bond acceptors (Lipinski definition) is 3. The Morgan fingerprint density at radius 2 is 1.76 bits per heavy atom. The zero-order chi connectivity index (χ0) is 17.8. The number of nitrogens with two attached hydrogens (primary N) is 1. The third kappa shape index (κ3) is 3.95. The summed E-state index contributed by atoms with van der Waals surface area (Å²) in [6, 6.07) is 12.9. The fourth-order valence-electron chi connectivity index (χ4n) is 2.72. The molecule has 7 nitrogen and oxygen atoms in total. The Bertz CT molecular complexity index is 817. The number of carbonyl (C=O) groups is 3. The molecular weight excluding hydrogens is 320 g/mol. The van der Waals surface area contributed by atoms with Gasteiger partial charge in [-0.3, -0.25) is 9.59 Å². The van der Waals surface area contributed by atoms with Gasteiger partial charge in [-0.1, -0.05) is 6.07 Å². The molecule has 0 saturated carbocycles. The third-order valence-corrected chi connectivity index (χ3v) is 3.90. The second kappa shape index (κ2) is 7.04. The molecule has 0 aliphatic carbocycles. The van der Waals surface area contributed by atoms with Gasteiger partial charge in [-0.25, -0.2) is 4.79 Å². The molecule has 0 aromatic heterocycles. The lowest BCUT2D eigenvalue weighted by atomic mass is 10.2. The Morgan fingerprint density at radius 3 is 2.40 bits per heavy atom. The summed E-state index contributed by atoms with van der Waals surface area (Å²) in [5.41, 5.74) is 7.39. The van der Waals surface area contributed by atoms with Gasteiger partial charge < -0.3 is 21.3 Å². The van der Waals surface area contributed by atoms with Crippen LogP contribution in [0, 0.1) is 0 Å². The van der Waals surface area contributed by atoms with Gasteiger partial charge in [-0.15, -0.1) is 0 Å². The van der Waals surface area contributed by atoms with E-state index in [-0.39, 0.29) is 11.8 Å². The Hall–Kier alpha value is -3.35. The lowest BCUT2D eigenvalue weighted by Crippen LogP contribution is -2.23. The molecule has 0 atom stereocenters. The van der Waals surface area contributed by atoms with Crippen molar-refractivity contribution < 1.29 is 14.4 Å². The zero-order valence-corrected chi connectivity index (χ0v) is 13.5. The largest absolute Gasteiger partial charge is 0.351 e. The molecule has 4 amide bonds. The van der Waals surface area contributed by atoms with Gasteiger partial charge in [0.25, 0.3) is 5.91 Å². The minimum Gasteiger partial charge on any atom is -0.351 e. The average molecular weight is 338 g/mol. The lowest BCUT2D eigenvalue weighted by molar-refractivity contribution is -0.117. The first-order chi connectivity index (χ1) is 12.0. The molecule has 128 valence electrons. The van der Waals surface area contributed by atoms with Crippen molar-refractivity contribution in [1.29, 1.82) is 0 Å². The van der Waals surface area contributed by atoms with Gasteiger partial charge >= 0.3 is 6.03 Å². The van der Waals surface area contributed by atoms with Gasteiger partial charge in [-0.05, 0) is 48.9 Å². The highest BCUT2D eigenvalue weighted by atomic mass is 16.2. The van der Waals surface area contributed by atoms with Gasteiger partial charge in [0, 0.05) is 35.6 Å². The van der Waals surface area contributed by atoms with E-state index in [0.717, 1.165) is 12.1 Å². The Labute approximate surface area is 144 Å². The quantitative estimate of drug-likeness (QED) is 0.798. The molecule has 7 heteroatoms. The molecule has 0 spiro atoms. The van der Waals surface area contributed by atoms with E-state index in [0.29, 0.717) is 29.9 Å². The number of amides is 4. The van der Waals surface area contributed by atoms with Crippen LogP contribution in [0.4, 0.5) is 21.9 Å². The van der Waals surface area contributed by atoms with Crippen LogP contribution in [0.5, 0.6) is 0 Å². The smallest absolute Gasteiger partial charge is 0.316 e. The standard InChI is InChI=1S/C18H18N4O3/c19-18(25)21-13-8-6-12(7-9-13)17(24)20-14-3-1-4-15(11-14)22-10-2-5-16(22)23/h1,3-4,6-9,11H,2,5,10H2,(H,20,24)(H3,19,21,25). The van der Waals surface area contributed by atoms with Crippen molar-refractivity contribution >= 4 is 34.9 Å². The molecule has 1 aliphatic heterocycles. The Kier molecular flexibility index (Phi) is 4.65. The van der Waals surface area contributed by atoms with E-state index in [1.54, 1.807) is 47.4 Å². The van der Waals surface area contributed by atoms with E-state index < -0.39 is 6.03 Å². The van der Waals surface area contributed by atoms with Crippen LogP contribution in [-0.4, -0.2) is 24.4 Å². The molecule has 2 aromatic rings. The average Bonchev–Trinajstić information content (AvgIpc) is 3.01. The number of nitrogens with zero attached hydrogens (tertiary/aromatic N) is 1. The number of hydrogen-bond donors (Lipinski definition) is 3. The minimum atomic E-state index is -0.662. The molecule has 1 aliphatic rings. The number of primary amides is 1. The molecule has 1 saturated heterocycles. The molecule has 0 bridgehead atoms. The number of carbonyl (C=O) groups excluding carboxylic acids is 3. The first-order valence-electron chi connectivity index (χ1n) is 7.91. The summed E-state index contributed by atoms with van der Waals surface area (Å²) in [6.45, 7) is 0.699. The summed E-state index contributed by atoms with van der Waals surface area (Å²) >= 11 is 0. The topological polar surface area (TPSA) is 105 Å². The SMILES string of the molecule is NC(=O)Nc1ccc(C(=O)Nc2cccc(N3CCCC3=O)c2)cc1. The number of rotatable bonds is 4. The highest BCUT2D eigenvalue weighted by Gasteiger charge is 2.21. The van der Waals surface area contributed by atoms with E-state index in [4.69, 9.17) is 5.73 Å². The summed E-state index contributed by atoms with van der Waals surface area (Å²) in [5.74, 6) is -0.184. The third-order valence-electron chi connectivity index (χ3n) is 3.90. The number of benzene rings is 2. The maximum atomic E-state index is 12.3. The Morgan fingerprint density at radius 1 is 1.00 bits per heavy atom. The van der Waals surface area contributed by atoms with Crippen molar-refractivity contribution in [3.63, 3.8) is 0 Å². The lowest BCUT2D eigenvalue weighted by Gasteiger charge is -2.16. The highest BCUT2D eigenvalue weighted by molar-refractivity contribution is 6.05. The first kappa shape index (κ1) is 16.5. The number of urea groups is 1. The minimum absolute atomic E-state index is 0.0982. The van der Waals surface area contributed by atoms with Crippen LogP contribution in [0.15, 0.2) is 48.5 Å². The molecular formula is C18H18N4O3. The van der Waals surface area contributed by atoms with E-state index in [1.807, 2.05) is 6.07 Å². The highest BCUT2D eigenvalue weighted by Crippen LogP contribution is 2.24. The molecule has 4 N–H and O–H groups in total. The summed E-state index contributed by atoms with van der Waals surface area (Å²) in [6.07, 6.45) is 1.41. The van der Waals surface area contributed by atoms with Crippen LogP contribution in [-0.2, 0) is 4.79 Å². The second-order valence-electron chi connectivity index (χ2n) is 5.72. The molecule has 1 heterocycles. The normalized spacial score (nSPS) is 13.6. The molecule has 25 heavy (non-hydrogen) atoms. The monoisotopic (exact) mass is 338 g/mol. The van der Waals surface area contributed by atoms with E-state index in [1.165, 1.54) is 0 Å². The summed E-state index contributed by atoms with van der Waals surface area (Å²) < 4.78 is 0. The Balaban J connectivity index is 1.70. The maximum Gasteiger partial charge on any atom is 0.316 e. The van der Waals surface area contributed by atoms with Crippen molar-refractivity contribution in [2.24, 2.45) is 5.73 Å². The zero-order valence-electron chi connectivity index (χ0n) is 13.5. The second-order valence-corrected chi connectivity index (χ2v) is 5.72. The summed E-state index contributed by atoms with van der Waals surface area (Å²) in [7, 11) is 0. The van der Waals surface area contributed by atoms with Crippen LogP contribution < -0.4 is 21.3 Å². The fraction of sp³-hybridized carbons (Fsp3) is 0.167. The van der Waals surface area contributed by atoms with Crippen LogP contribution in [0.25, 0.3) is 0 Å². The van der Waals surface area contributed by atoms with Crippen molar-refractivity contribution in [2.75, 3.05) is 22.1 Å². The van der Waals surface area contributed by atoms with Gasteiger partial charge in [-0.2, -0.15) is 0 Å². The molecule has 3 rings (SSSR count). The number of nitrogens with one attached hydrogen (secondary N) is 2. The van der Waals surface area contributed by atoms with Gasteiger partial charge in [0.1, 0.15) is 0 Å². The molecule has 2 aromatic carbocycles. The van der Waals surface area contributed by atoms with Crippen molar-refractivity contribution in [1.82, 2.24) is 0 Å². The van der Waals surface area contributed by atoms with Crippen LogP contribution in [0.3, 0.4) is 0 Å².